The van der Waals surface area contributed by atoms with Crippen LogP contribution in [0.25, 0.3) is 11.1 Å². The van der Waals surface area contributed by atoms with E-state index in [-0.39, 0.29) is 5.91 Å². The molecule has 6 nitrogen and oxygen atoms in total. The van der Waals surface area contributed by atoms with E-state index in [4.69, 9.17) is 9.15 Å². The number of ether oxygens (including phenoxy) is 1. The fourth-order valence-corrected chi connectivity index (χ4v) is 2.03. The number of methoxy groups -OCH3 is 1. The van der Waals surface area contributed by atoms with Crippen LogP contribution in [-0.4, -0.2) is 30.7 Å². The molecule has 0 saturated heterocycles. The number of allylic oxidation sites excluding steroid dienone is 1. The van der Waals surface area contributed by atoms with Gasteiger partial charge in [-0.05, 0) is 24.6 Å². The van der Waals surface area contributed by atoms with E-state index in [9.17, 15) is 9.59 Å². The SMILES string of the molecule is C=CCn1c(=O)oc2ccc(C(=O)NCCCOC)cc21. The van der Waals surface area contributed by atoms with Gasteiger partial charge in [-0.1, -0.05) is 6.08 Å². The van der Waals surface area contributed by atoms with Crippen LogP contribution in [0.1, 0.15) is 16.8 Å². The number of amides is 1. The molecule has 0 radical (unpaired) electrons. The third-order valence-electron chi connectivity index (χ3n) is 3.05. The van der Waals surface area contributed by atoms with Crippen LogP contribution in [0.5, 0.6) is 0 Å². The molecular formula is C15H18N2O4. The number of carbonyl (C=O) groups excluding carboxylic acids is 1. The summed E-state index contributed by atoms with van der Waals surface area (Å²) in [4.78, 5) is 23.7. The lowest BCUT2D eigenvalue weighted by Crippen LogP contribution is -2.25. The summed E-state index contributed by atoms with van der Waals surface area (Å²) in [5.41, 5.74) is 1.53. The van der Waals surface area contributed by atoms with Crippen molar-refractivity contribution in [1.29, 1.82) is 0 Å². The highest BCUT2D eigenvalue weighted by Gasteiger charge is 2.12. The standard InChI is InChI=1S/C15H18N2O4/c1-3-8-17-12-10-11(5-6-13(12)21-15(17)19)14(18)16-7-4-9-20-2/h3,5-6,10H,1,4,7-9H2,2H3,(H,16,18). The lowest BCUT2D eigenvalue weighted by molar-refractivity contribution is 0.0948. The second-order valence-electron chi connectivity index (χ2n) is 4.55. The number of fused-ring (bicyclic) bond motifs is 1. The van der Waals surface area contributed by atoms with Gasteiger partial charge in [-0.3, -0.25) is 9.36 Å². The first-order valence-electron chi connectivity index (χ1n) is 6.68. The van der Waals surface area contributed by atoms with Crippen molar-refractivity contribution < 1.29 is 13.9 Å². The van der Waals surface area contributed by atoms with Crippen molar-refractivity contribution in [3.05, 3.63) is 47.0 Å². The number of nitrogens with one attached hydrogen (secondary N) is 1. The number of hydrogen-bond acceptors (Lipinski definition) is 4. The molecule has 0 unspecified atom stereocenters. The summed E-state index contributed by atoms with van der Waals surface area (Å²) in [7, 11) is 1.62. The molecule has 112 valence electrons. The van der Waals surface area contributed by atoms with Gasteiger partial charge in [0.25, 0.3) is 5.91 Å². The van der Waals surface area contributed by atoms with Crippen LogP contribution in [0, 0.1) is 0 Å². The molecule has 0 saturated carbocycles. The third kappa shape index (κ3) is 3.41. The lowest BCUT2D eigenvalue weighted by Gasteiger charge is -2.05. The van der Waals surface area contributed by atoms with Crippen molar-refractivity contribution in [2.75, 3.05) is 20.3 Å². The monoisotopic (exact) mass is 290 g/mol. The second-order valence-corrected chi connectivity index (χ2v) is 4.55. The lowest BCUT2D eigenvalue weighted by atomic mass is 10.2. The van der Waals surface area contributed by atoms with Gasteiger partial charge in [-0.2, -0.15) is 0 Å². The van der Waals surface area contributed by atoms with Crippen LogP contribution in [0.2, 0.25) is 0 Å². The highest BCUT2D eigenvalue weighted by molar-refractivity contribution is 5.97. The van der Waals surface area contributed by atoms with Crippen molar-refractivity contribution in [3.8, 4) is 0 Å². The quantitative estimate of drug-likeness (QED) is 0.620. The molecule has 2 rings (SSSR count). The number of aromatic nitrogens is 1. The van der Waals surface area contributed by atoms with Gasteiger partial charge in [-0.15, -0.1) is 6.58 Å². The van der Waals surface area contributed by atoms with Gasteiger partial charge in [0.1, 0.15) is 0 Å². The number of nitrogens with zero attached hydrogens (tertiary/aromatic N) is 1. The number of oxazole rings is 1. The Labute approximate surface area is 122 Å². The largest absolute Gasteiger partial charge is 0.420 e. The van der Waals surface area contributed by atoms with E-state index < -0.39 is 5.76 Å². The molecule has 0 fully saturated rings. The van der Waals surface area contributed by atoms with Gasteiger partial charge in [0.05, 0.1) is 5.52 Å². The molecule has 1 aromatic heterocycles. The highest BCUT2D eigenvalue weighted by atomic mass is 16.5. The van der Waals surface area contributed by atoms with Gasteiger partial charge in [0.15, 0.2) is 5.58 Å². The van der Waals surface area contributed by atoms with Crippen LogP contribution in [0.3, 0.4) is 0 Å². The Kier molecular flexibility index (Phi) is 4.94. The van der Waals surface area contributed by atoms with Crippen molar-refractivity contribution >= 4 is 17.0 Å². The molecule has 21 heavy (non-hydrogen) atoms. The van der Waals surface area contributed by atoms with Crippen molar-refractivity contribution in [1.82, 2.24) is 9.88 Å². The minimum absolute atomic E-state index is 0.188. The smallest absolute Gasteiger partial charge is 0.408 e. The molecule has 0 aliphatic carbocycles. The Bertz CT molecular complexity index is 699. The Hall–Kier alpha value is -2.34. The first kappa shape index (κ1) is 15.1. The summed E-state index contributed by atoms with van der Waals surface area (Å²) in [6.07, 6.45) is 2.35. The zero-order valence-electron chi connectivity index (χ0n) is 11.9. The van der Waals surface area contributed by atoms with Crippen LogP contribution >= 0.6 is 0 Å². The summed E-state index contributed by atoms with van der Waals surface area (Å²) in [6.45, 7) is 5.08. The third-order valence-corrected chi connectivity index (χ3v) is 3.05. The Morgan fingerprint density at radius 1 is 1.52 bits per heavy atom. The minimum Gasteiger partial charge on any atom is -0.408 e. The average molecular weight is 290 g/mol. The molecule has 1 heterocycles. The highest BCUT2D eigenvalue weighted by Crippen LogP contribution is 2.15. The predicted octanol–water partition coefficient (Wildman–Crippen LogP) is 1.55. The van der Waals surface area contributed by atoms with Gasteiger partial charge in [-0.25, -0.2) is 4.79 Å². The van der Waals surface area contributed by atoms with E-state index in [1.807, 2.05) is 0 Å². The van der Waals surface area contributed by atoms with E-state index in [0.29, 0.717) is 36.4 Å². The molecule has 0 aliphatic heterocycles. The maximum atomic E-state index is 12.0. The van der Waals surface area contributed by atoms with E-state index >= 15 is 0 Å². The fourth-order valence-electron chi connectivity index (χ4n) is 2.03. The summed E-state index contributed by atoms with van der Waals surface area (Å²) in [5.74, 6) is -0.644. The van der Waals surface area contributed by atoms with Gasteiger partial charge < -0.3 is 14.5 Å². The summed E-state index contributed by atoms with van der Waals surface area (Å²) < 4.78 is 11.5. The molecule has 2 aromatic rings. The zero-order chi connectivity index (χ0) is 15.2. The first-order valence-corrected chi connectivity index (χ1v) is 6.68. The average Bonchev–Trinajstić information content (AvgIpc) is 2.79. The van der Waals surface area contributed by atoms with Crippen molar-refractivity contribution in [3.63, 3.8) is 0 Å². The fraction of sp³-hybridized carbons (Fsp3) is 0.333. The maximum absolute atomic E-state index is 12.0. The Morgan fingerprint density at radius 3 is 3.05 bits per heavy atom. The molecule has 0 atom stereocenters. The van der Waals surface area contributed by atoms with Crippen molar-refractivity contribution in [2.45, 2.75) is 13.0 Å². The van der Waals surface area contributed by atoms with E-state index in [2.05, 4.69) is 11.9 Å². The summed E-state index contributed by atoms with van der Waals surface area (Å²) >= 11 is 0. The van der Waals surface area contributed by atoms with Crippen LogP contribution in [-0.2, 0) is 11.3 Å². The molecule has 0 spiro atoms. The Balaban J connectivity index is 2.21. The molecule has 1 aromatic carbocycles. The molecule has 6 heteroatoms. The van der Waals surface area contributed by atoms with Gasteiger partial charge in [0, 0.05) is 32.4 Å². The minimum atomic E-state index is -0.456. The number of carbonyl (C=O) groups is 1. The van der Waals surface area contributed by atoms with Crippen molar-refractivity contribution in [2.24, 2.45) is 0 Å². The van der Waals surface area contributed by atoms with E-state index in [1.165, 1.54) is 4.57 Å². The predicted molar refractivity (Wildman–Crippen MR) is 79.5 cm³/mol. The van der Waals surface area contributed by atoms with Crippen LogP contribution < -0.4 is 11.1 Å². The normalized spacial score (nSPS) is 10.7. The van der Waals surface area contributed by atoms with Gasteiger partial charge >= 0.3 is 5.76 Å². The molecule has 1 N–H and O–H groups in total. The summed E-state index contributed by atoms with van der Waals surface area (Å²) in [6, 6.07) is 4.91. The van der Waals surface area contributed by atoms with Crippen LogP contribution in [0.4, 0.5) is 0 Å². The zero-order valence-corrected chi connectivity index (χ0v) is 11.9. The number of benzene rings is 1. The molecular weight excluding hydrogens is 272 g/mol. The van der Waals surface area contributed by atoms with Crippen LogP contribution in [0.15, 0.2) is 40.1 Å². The van der Waals surface area contributed by atoms with E-state index in [1.54, 1.807) is 31.4 Å². The topological polar surface area (TPSA) is 73.5 Å². The second kappa shape index (κ2) is 6.90. The molecule has 0 aliphatic rings. The Morgan fingerprint density at radius 2 is 2.33 bits per heavy atom. The number of hydrogen-bond donors (Lipinski definition) is 1. The first-order chi connectivity index (χ1) is 10.2. The number of rotatable bonds is 7. The summed E-state index contributed by atoms with van der Waals surface area (Å²) in [5, 5.41) is 2.80. The molecule has 1 amide bonds. The molecule has 0 bridgehead atoms. The maximum Gasteiger partial charge on any atom is 0.420 e. The van der Waals surface area contributed by atoms with Gasteiger partial charge in [0.2, 0.25) is 0 Å². The van der Waals surface area contributed by atoms with E-state index in [0.717, 1.165) is 6.42 Å².